The van der Waals surface area contributed by atoms with Crippen molar-refractivity contribution in [1.29, 1.82) is 5.26 Å². The molecule has 0 bridgehead atoms. The van der Waals surface area contributed by atoms with Gasteiger partial charge in [0, 0.05) is 0 Å². The molecule has 0 heterocycles. The Morgan fingerprint density at radius 1 is 1.80 bits per heavy atom. The van der Waals surface area contributed by atoms with Crippen LogP contribution in [0.5, 0.6) is 0 Å². The molecule has 4 nitrogen and oxygen atoms in total. The van der Waals surface area contributed by atoms with Crippen molar-refractivity contribution in [3.63, 3.8) is 0 Å². The molecule has 58 valence electrons. The van der Waals surface area contributed by atoms with Crippen molar-refractivity contribution < 1.29 is 14.0 Å². The summed E-state index contributed by atoms with van der Waals surface area (Å²) in [6, 6.07) is 1.58. The van der Waals surface area contributed by atoms with E-state index in [2.05, 4.69) is 4.52 Å². The molecular formula is C5H10NO3P. The van der Waals surface area contributed by atoms with Gasteiger partial charge in [-0.2, -0.15) is 5.26 Å². The van der Waals surface area contributed by atoms with Gasteiger partial charge in [-0.1, -0.05) is 0 Å². The summed E-state index contributed by atoms with van der Waals surface area (Å²) in [5.74, 6) is 0. The Kier molecular flexibility index (Phi) is 3.59. The Hall–Kier alpha value is -0.360. The molecule has 0 fully saturated rings. The van der Waals surface area contributed by atoms with E-state index in [1.54, 1.807) is 19.9 Å². The second-order valence-electron chi connectivity index (χ2n) is 2.11. The zero-order valence-corrected chi connectivity index (χ0v) is 6.84. The monoisotopic (exact) mass is 163 g/mol. The van der Waals surface area contributed by atoms with Crippen LogP contribution in [0.3, 0.4) is 0 Å². The minimum Gasteiger partial charge on any atom is -0.324 e. The molecule has 0 aromatic rings. The zero-order valence-electron chi connectivity index (χ0n) is 5.94. The largest absolute Gasteiger partial charge is 0.342 e. The number of hydrogen-bond donors (Lipinski definition) is 1. The van der Waals surface area contributed by atoms with Crippen LogP contribution in [0.25, 0.3) is 0 Å². The van der Waals surface area contributed by atoms with E-state index in [1.807, 2.05) is 0 Å². The van der Waals surface area contributed by atoms with Gasteiger partial charge < -0.3 is 9.42 Å². The van der Waals surface area contributed by atoms with E-state index in [0.717, 1.165) is 0 Å². The summed E-state index contributed by atoms with van der Waals surface area (Å²) in [4.78, 5) is 8.80. The summed E-state index contributed by atoms with van der Waals surface area (Å²) >= 11 is 0. The first-order valence-electron chi connectivity index (χ1n) is 2.85. The molecule has 0 spiro atoms. The maximum absolute atomic E-state index is 10.7. The molecule has 10 heavy (non-hydrogen) atoms. The van der Waals surface area contributed by atoms with Gasteiger partial charge in [0.1, 0.15) is 6.16 Å². The van der Waals surface area contributed by atoms with E-state index in [-0.39, 0.29) is 6.10 Å². The van der Waals surface area contributed by atoms with Gasteiger partial charge in [-0.3, -0.25) is 4.57 Å². The predicted octanol–water partition coefficient (Wildman–Crippen LogP) is 1.12. The Balaban J connectivity index is 3.91. The third-order valence-corrected chi connectivity index (χ3v) is 1.94. The van der Waals surface area contributed by atoms with Crippen molar-refractivity contribution in [3.05, 3.63) is 0 Å². The molecule has 1 atom stereocenters. The van der Waals surface area contributed by atoms with Gasteiger partial charge >= 0.3 is 7.60 Å². The van der Waals surface area contributed by atoms with Crippen molar-refractivity contribution in [2.45, 2.75) is 20.0 Å². The minimum atomic E-state index is -3.61. The first-order chi connectivity index (χ1) is 4.48. The first kappa shape index (κ1) is 9.64. The highest BCUT2D eigenvalue weighted by Crippen LogP contribution is 2.42. The molecule has 1 unspecified atom stereocenters. The van der Waals surface area contributed by atoms with Gasteiger partial charge in [0.25, 0.3) is 0 Å². The number of hydrogen-bond acceptors (Lipinski definition) is 3. The summed E-state index contributed by atoms with van der Waals surface area (Å²) in [5.41, 5.74) is 0. The molecule has 0 saturated heterocycles. The lowest BCUT2D eigenvalue weighted by Crippen LogP contribution is -2.01. The molecular weight excluding hydrogens is 153 g/mol. The summed E-state index contributed by atoms with van der Waals surface area (Å²) < 4.78 is 15.3. The molecule has 0 aliphatic heterocycles. The molecule has 1 N–H and O–H groups in total. The molecule has 0 saturated carbocycles. The fraction of sp³-hybridized carbons (Fsp3) is 0.800. The zero-order chi connectivity index (χ0) is 8.20. The normalized spacial score (nSPS) is 16.3. The fourth-order valence-corrected chi connectivity index (χ4v) is 1.37. The Bertz CT molecular complexity index is 184. The van der Waals surface area contributed by atoms with Crippen LogP contribution in [0, 0.1) is 11.3 Å². The van der Waals surface area contributed by atoms with Gasteiger partial charge in [-0.05, 0) is 13.8 Å². The Morgan fingerprint density at radius 3 is 2.60 bits per heavy atom. The minimum absolute atomic E-state index is 0.316. The molecule has 0 radical (unpaired) electrons. The molecule has 0 rings (SSSR count). The van der Waals surface area contributed by atoms with Gasteiger partial charge in [0.2, 0.25) is 0 Å². The maximum atomic E-state index is 10.7. The van der Waals surface area contributed by atoms with E-state index in [1.165, 1.54) is 0 Å². The third kappa shape index (κ3) is 4.51. The predicted molar refractivity (Wildman–Crippen MR) is 36.5 cm³/mol. The van der Waals surface area contributed by atoms with E-state index < -0.39 is 13.8 Å². The number of rotatable bonds is 3. The van der Waals surface area contributed by atoms with E-state index in [4.69, 9.17) is 10.2 Å². The van der Waals surface area contributed by atoms with E-state index in [0.29, 0.717) is 0 Å². The average molecular weight is 163 g/mol. The molecule has 0 amide bonds. The van der Waals surface area contributed by atoms with Crippen LogP contribution in [0.15, 0.2) is 0 Å². The van der Waals surface area contributed by atoms with Crippen LogP contribution in [-0.4, -0.2) is 17.2 Å². The molecule has 0 aromatic heterocycles. The number of nitriles is 1. The van der Waals surface area contributed by atoms with Crippen molar-refractivity contribution >= 4 is 7.60 Å². The maximum Gasteiger partial charge on any atom is 0.342 e. The van der Waals surface area contributed by atoms with Crippen LogP contribution < -0.4 is 0 Å². The summed E-state index contributed by atoms with van der Waals surface area (Å²) in [7, 11) is -3.61. The van der Waals surface area contributed by atoms with E-state index in [9.17, 15) is 4.57 Å². The van der Waals surface area contributed by atoms with Crippen LogP contribution in [0.2, 0.25) is 0 Å². The molecule has 0 aromatic carbocycles. The van der Waals surface area contributed by atoms with Gasteiger partial charge in [-0.15, -0.1) is 0 Å². The van der Waals surface area contributed by atoms with Gasteiger partial charge in [0.05, 0.1) is 12.2 Å². The van der Waals surface area contributed by atoms with E-state index >= 15 is 0 Å². The molecule has 5 heteroatoms. The summed E-state index contributed by atoms with van der Waals surface area (Å²) in [5, 5.41) is 8.05. The van der Waals surface area contributed by atoms with Gasteiger partial charge in [0.15, 0.2) is 0 Å². The van der Waals surface area contributed by atoms with Crippen molar-refractivity contribution in [2.75, 3.05) is 6.16 Å². The Morgan fingerprint density at radius 2 is 2.30 bits per heavy atom. The smallest absolute Gasteiger partial charge is 0.324 e. The molecule has 0 aliphatic rings. The summed E-state index contributed by atoms with van der Waals surface area (Å²) in [6.07, 6.45) is -0.755. The number of nitrogens with zero attached hydrogens (tertiary/aromatic N) is 1. The third-order valence-electron chi connectivity index (χ3n) is 0.646. The topological polar surface area (TPSA) is 70.3 Å². The first-order valence-corrected chi connectivity index (χ1v) is 4.61. The average Bonchev–Trinajstić information content (AvgIpc) is 1.59. The highest BCUT2D eigenvalue weighted by Gasteiger charge is 2.19. The van der Waals surface area contributed by atoms with Gasteiger partial charge in [-0.25, -0.2) is 0 Å². The second-order valence-corrected chi connectivity index (χ2v) is 3.91. The SMILES string of the molecule is CC(C)OP(=O)(O)CC#N. The summed E-state index contributed by atoms with van der Waals surface area (Å²) in [6.45, 7) is 3.28. The van der Waals surface area contributed by atoms with Crippen LogP contribution in [0.1, 0.15) is 13.8 Å². The quantitative estimate of drug-likeness (QED) is 0.633. The van der Waals surface area contributed by atoms with Crippen LogP contribution in [0.4, 0.5) is 0 Å². The second kappa shape index (κ2) is 3.72. The van der Waals surface area contributed by atoms with Crippen LogP contribution >= 0.6 is 7.60 Å². The highest BCUT2D eigenvalue weighted by molar-refractivity contribution is 7.53. The lowest BCUT2D eigenvalue weighted by molar-refractivity contribution is 0.207. The highest BCUT2D eigenvalue weighted by atomic mass is 31.2. The lowest BCUT2D eigenvalue weighted by Gasteiger charge is -2.10. The fourth-order valence-electron chi connectivity index (χ4n) is 0.456. The van der Waals surface area contributed by atoms with Crippen LogP contribution in [-0.2, 0) is 9.09 Å². The molecule has 0 aliphatic carbocycles. The van der Waals surface area contributed by atoms with Crippen molar-refractivity contribution in [3.8, 4) is 6.07 Å². The Labute approximate surface area is 60.0 Å². The van der Waals surface area contributed by atoms with Crippen molar-refractivity contribution in [1.82, 2.24) is 0 Å². The van der Waals surface area contributed by atoms with Crippen molar-refractivity contribution in [2.24, 2.45) is 0 Å². The lowest BCUT2D eigenvalue weighted by atomic mass is 10.5. The standard InChI is InChI=1S/C5H10NO3P/c1-5(2)9-10(7,8)4-3-6/h5H,4H2,1-2H3,(H,7,8).